The molecule has 1 aromatic carbocycles. The lowest BCUT2D eigenvalue weighted by molar-refractivity contribution is 0.0515. The van der Waals surface area contributed by atoms with E-state index in [0.29, 0.717) is 23.6 Å². The Morgan fingerprint density at radius 3 is 2.46 bits per heavy atom. The van der Waals surface area contributed by atoms with Crippen molar-refractivity contribution in [2.75, 3.05) is 54.5 Å². The number of rotatable bonds is 6. The summed E-state index contributed by atoms with van der Waals surface area (Å²) in [6, 6.07) is 10.8. The molecule has 1 atom stereocenters. The number of halogens is 1. The van der Waals surface area contributed by atoms with Crippen LogP contribution in [0.5, 0.6) is 0 Å². The van der Waals surface area contributed by atoms with Gasteiger partial charge < -0.3 is 25.2 Å². The summed E-state index contributed by atoms with van der Waals surface area (Å²) in [7, 11) is 0. The summed E-state index contributed by atoms with van der Waals surface area (Å²) in [6.45, 7) is 7.60. The molecule has 3 aliphatic rings. The third kappa shape index (κ3) is 6.47. The Morgan fingerprint density at radius 2 is 1.73 bits per heavy atom. The van der Waals surface area contributed by atoms with Crippen LogP contribution in [0.15, 0.2) is 30.3 Å². The van der Waals surface area contributed by atoms with E-state index in [0.717, 1.165) is 62.3 Å². The van der Waals surface area contributed by atoms with E-state index >= 15 is 0 Å². The van der Waals surface area contributed by atoms with Crippen molar-refractivity contribution in [3.05, 3.63) is 40.9 Å². The predicted molar refractivity (Wildman–Crippen MR) is 156 cm³/mol. The highest BCUT2D eigenvalue weighted by atomic mass is 35.5. The second kappa shape index (κ2) is 12.1. The summed E-state index contributed by atoms with van der Waals surface area (Å²) in [4.78, 5) is 14.7. The standard InChI is InChI=1S/C28H39ClN6OS/c1-21-7-3-6-16-35(21)25-19-24(34-14-4-2-5-15-34)31-26(32-25)33-27(37)30-20-28(12-17-36-18-13-28)22-8-10-23(29)11-9-22/h8-11,19,21H,2-7,12-18,20H2,1H3,(H2,30,31,32,33,37)/t21-/m1/s1. The fourth-order valence-corrected chi connectivity index (χ4v) is 6.17. The van der Waals surface area contributed by atoms with Crippen molar-refractivity contribution in [1.82, 2.24) is 15.3 Å². The van der Waals surface area contributed by atoms with E-state index in [2.05, 4.69) is 45.6 Å². The Kier molecular flexibility index (Phi) is 8.67. The predicted octanol–water partition coefficient (Wildman–Crippen LogP) is 5.53. The van der Waals surface area contributed by atoms with Gasteiger partial charge in [-0.15, -0.1) is 0 Å². The molecule has 3 fully saturated rings. The Morgan fingerprint density at radius 1 is 1.03 bits per heavy atom. The van der Waals surface area contributed by atoms with Crippen LogP contribution in [0.4, 0.5) is 17.6 Å². The fraction of sp³-hybridized carbons (Fsp3) is 0.607. The molecular weight excluding hydrogens is 504 g/mol. The van der Waals surface area contributed by atoms with Gasteiger partial charge in [-0.3, -0.25) is 0 Å². The molecule has 9 heteroatoms. The molecule has 4 heterocycles. The number of nitrogens with one attached hydrogen (secondary N) is 2. The van der Waals surface area contributed by atoms with Crippen LogP contribution < -0.4 is 20.4 Å². The summed E-state index contributed by atoms with van der Waals surface area (Å²) in [5, 5.41) is 8.11. The summed E-state index contributed by atoms with van der Waals surface area (Å²) in [5.74, 6) is 2.56. The number of aromatic nitrogens is 2. The zero-order chi connectivity index (χ0) is 25.7. The maximum absolute atomic E-state index is 6.17. The van der Waals surface area contributed by atoms with E-state index in [4.69, 9.17) is 38.5 Å². The number of hydrogen-bond donors (Lipinski definition) is 2. The first-order valence-electron chi connectivity index (χ1n) is 13.8. The van der Waals surface area contributed by atoms with Crippen molar-refractivity contribution in [2.45, 2.75) is 69.7 Å². The van der Waals surface area contributed by atoms with Gasteiger partial charge in [-0.1, -0.05) is 23.7 Å². The summed E-state index contributed by atoms with van der Waals surface area (Å²) in [5.41, 5.74) is 1.21. The van der Waals surface area contributed by atoms with E-state index in [-0.39, 0.29) is 5.41 Å². The van der Waals surface area contributed by atoms with Gasteiger partial charge in [0, 0.05) is 61.9 Å². The van der Waals surface area contributed by atoms with Crippen molar-refractivity contribution in [3.8, 4) is 0 Å². The van der Waals surface area contributed by atoms with Gasteiger partial charge in [0.25, 0.3) is 0 Å². The molecule has 0 aliphatic carbocycles. The average molecular weight is 543 g/mol. The van der Waals surface area contributed by atoms with Crippen molar-refractivity contribution < 1.29 is 4.74 Å². The largest absolute Gasteiger partial charge is 0.381 e. The van der Waals surface area contributed by atoms with Crippen molar-refractivity contribution in [3.63, 3.8) is 0 Å². The zero-order valence-corrected chi connectivity index (χ0v) is 23.4. The molecule has 0 radical (unpaired) electrons. The SMILES string of the molecule is C[C@@H]1CCCCN1c1cc(N2CCCCC2)nc(NC(=S)NCC2(c3ccc(Cl)cc3)CCOCC2)n1. The zero-order valence-electron chi connectivity index (χ0n) is 21.8. The first kappa shape index (κ1) is 26.4. The molecule has 0 spiro atoms. The first-order valence-corrected chi connectivity index (χ1v) is 14.6. The third-order valence-corrected chi connectivity index (χ3v) is 8.69. The van der Waals surface area contributed by atoms with Gasteiger partial charge in [-0.25, -0.2) is 0 Å². The van der Waals surface area contributed by atoms with Gasteiger partial charge in [0.15, 0.2) is 5.11 Å². The number of benzene rings is 1. The van der Waals surface area contributed by atoms with Gasteiger partial charge in [-0.05, 0) is 88.2 Å². The molecule has 3 aliphatic heterocycles. The third-order valence-electron chi connectivity index (χ3n) is 8.20. The quantitative estimate of drug-likeness (QED) is 0.462. The van der Waals surface area contributed by atoms with Gasteiger partial charge >= 0.3 is 0 Å². The van der Waals surface area contributed by atoms with E-state index in [1.165, 1.54) is 44.1 Å². The minimum Gasteiger partial charge on any atom is -0.381 e. The van der Waals surface area contributed by atoms with Crippen LogP contribution in [0.2, 0.25) is 5.02 Å². The number of ether oxygens (including phenoxy) is 1. The maximum Gasteiger partial charge on any atom is 0.232 e. The monoisotopic (exact) mass is 542 g/mol. The molecular formula is C28H39ClN6OS. The van der Waals surface area contributed by atoms with Gasteiger partial charge in [0.05, 0.1) is 0 Å². The van der Waals surface area contributed by atoms with Crippen molar-refractivity contribution >= 4 is 46.5 Å². The Hall–Kier alpha value is -2.16. The molecule has 200 valence electrons. The minimum atomic E-state index is -0.0561. The summed E-state index contributed by atoms with van der Waals surface area (Å²) < 4.78 is 5.69. The lowest BCUT2D eigenvalue weighted by Gasteiger charge is -2.38. The van der Waals surface area contributed by atoms with Crippen LogP contribution in [0.1, 0.15) is 63.9 Å². The van der Waals surface area contributed by atoms with E-state index < -0.39 is 0 Å². The lowest BCUT2D eigenvalue weighted by atomic mass is 9.74. The normalized spacial score (nSPS) is 21.9. The first-order chi connectivity index (χ1) is 18.0. The molecule has 1 aromatic heterocycles. The molecule has 0 bridgehead atoms. The number of piperidine rings is 2. The highest BCUT2D eigenvalue weighted by Crippen LogP contribution is 2.35. The molecule has 5 rings (SSSR count). The molecule has 7 nitrogen and oxygen atoms in total. The van der Waals surface area contributed by atoms with Crippen LogP contribution in [0.3, 0.4) is 0 Å². The highest BCUT2D eigenvalue weighted by Gasteiger charge is 2.34. The van der Waals surface area contributed by atoms with E-state index in [9.17, 15) is 0 Å². The van der Waals surface area contributed by atoms with Crippen LogP contribution in [0.25, 0.3) is 0 Å². The Bertz CT molecular complexity index is 1060. The van der Waals surface area contributed by atoms with Gasteiger partial charge in [0.2, 0.25) is 5.95 Å². The number of anilines is 3. The van der Waals surface area contributed by atoms with Crippen molar-refractivity contribution in [1.29, 1.82) is 0 Å². The lowest BCUT2D eigenvalue weighted by Crippen LogP contribution is -2.45. The molecule has 0 saturated carbocycles. The Labute approximate surface area is 231 Å². The maximum atomic E-state index is 6.17. The summed E-state index contributed by atoms with van der Waals surface area (Å²) in [6.07, 6.45) is 9.25. The molecule has 0 amide bonds. The molecule has 0 unspecified atom stereocenters. The average Bonchev–Trinajstić information content (AvgIpc) is 2.93. The van der Waals surface area contributed by atoms with Gasteiger partial charge in [0.1, 0.15) is 11.6 Å². The highest BCUT2D eigenvalue weighted by molar-refractivity contribution is 7.80. The second-order valence-electron chi connectivity index (χ2n) is 10.7. The topological polar surface area (TPSA) is 65.5 Å². The van der Waals surface area contributed by atoms with Crippen LogP contribution in [-0.4, -0.2) is 60.5 Å². The number of hydrogen-bond acceptors (Lipinski definition) is 6. The van der Waals surface area contributed by atoms with Crippen LogP contribution >= 0.6 is 23.8 Å². The molecule has 37 heavy (non-hydrogen) atoms. The van der Waals surface area contributed by atoms with Crippen LogP contribution in [-0.2, 0) is 10.2 Å². The Balaban J connectivity index is 1.33. The fourth-order valence-electron chi connectivity index (χ4n) is 5.88. The number of thiocarbonyl (C=S) groups is 1. The molecule has 2 N–H and O–H groups in total. The van der Waals surface area contributed by atoms with E-state index in [1.54, 1.807) is 0 Å². The molecule has 2 aromatic rings. The summed E-state index contributed by atoms with van der Waals surface area (Å²) >= 11 is 11.9. The minimum absolute atomic E-state index is 0.0561. The van der Waals surface area contributed by atoms with Gasteiger partial charge in [-0.2, -0.15) is 9.97 Å². The smallest absolute Gasteiger partial charge is 0.232 e. The number of nitrogens with zero attached hydrogens (tertiary/aromatic N) is 4. The van der Waals surface area contributed by atoms with Crippen LogP contribution in [0, 0.1) is 0 Å². The van der Waals surface area contributed by atoms with E-state index in [1.807, 2.05) is 12.1 Å². The van der Waals surface area contributed by atoms with Crippen molar-refractivity contribution in [2.24, 2.45) is 0 Å². The molecule has 3 saturated heterocycles. The second-order valence-corrected chi connectivity index (χ2v) is 11.5.